The van der Waals surface area contributed by atoms with E-state index in [-0.39, 0.29) is 12.6 Å². The second-order valence-corrected chi connectivity index (χ2v) is 3.06. The second kappa shape index (κ2) is 4.78. The van der Waals surface area contributed by atoms with Crippen LogP contribution in [0.5, 0.6) is 0 Å². The molecule has 2 atom stereocenters. The van der Waals surface area contributed by atoms with Gasteiger partial charge in [0, 0.05) is 6.54 Å². The van der Waals surface area contributed by atoms with Crippen molar-refractivity contribution in [3.05, 3.63) is 24.2 Å². The number of aliphatic hydroxyl groups excluding tert-OH is 1. The number of hydrogen-bond donors (Lipinski definition) is 3. The topological polar surface area (TPSA) is 88.5 Å². The highest BCUT2D eigenvalue weighted by molar-refractivity contribution is 5.78. The Hall–Kier alpha value is -1.33. The van der Waals surface area contributed by atoms with Gasteiger partial charge in [-0.3, -0.25) is 4.79 Å². The maximum atomic E-state index is 10.5. The van der Waals surface area contributed by atoms with Gasteiger partial charge < -0.3 is 20.6 Å². The van der Waals surface area contributed by atoms with E-state index in [9.17, 15) is 4.79 Å². The summed E-state index contributed by atoms with van der Waals surface area (Å²) in [4.78, 5) is 10.5. The molecule has 1 amide bonds. The number of aliphatic hydroxyl groups is 1. The molecule has 0 bridgehead atoms. The number of hydrogen-bond acceptors (Lipinski definition) is 4. The molecular formula is C9H14N2O3. The molecule has 5 nitrogen and oxygen atoms in total. The summed E-state index contributed by atoms with van der Waals surface area (Å²) in [6.45, 7) is 1.99. The van der Waals surface area contributed by atoms with E-state index in [1.807, 2.05) is 13.0 Å². The SMILES string of the molecule is CC(NCC(O)C(N)=O)c1ccco1. The molecule has 0 aliphatic rings. The fourth-order valence-corrected chi connectivity index (χ4v) is 1.03. The molecule has 1 heterocycles. The highest BCUT2D eigenvalue weighted by Gasteiger charge is 2.13. The summed E-state index contributed by atoms with van der Waals surface area (Å²) in [5.41, 5.74) is 4.89. The molecule has 4 N–H and O–H groups in total. The summed E-state index contributed by atoms with van der Waals surface area (Å²) in [6.07, 6.45) is 0.408. The Balaban J connectivity index is 2.35. The van der Waals surface area contributed by atoms with Gasteiger partial charge in [0.2, 0.25) is 5.91 Å². The van der Waals surface area contributed by atoms with Crippen molar-refractivity contribution in [3.8, 4) is 0 Å². The number of primary amides is 1. The number of carbonyl (C=O) groups excluding carboxylic acids is 1. The van der Waals surface area contributed by atoms with Crippen LogP contribution in [-0.4, -0.2) is 23.7 Å². The van der Waals surface area contributed by atoms with Crippen molar-refractivity contribution in [1.82, 2.24) is 5.32 Å². The summed E-state index contributed by atoms with van der Waals surface area (Å²) in [6, 6.07) is 3.53. The molecule has 0 radical (unpaired) electrons. The van der Waals surface area contributed by atoms with Crippen LogP contribution in [0.2, 0.25) is 0 Å². The van der Waals surface area contributed by atoms with Crippen molar-refractivity contribution in [2.75, 3.05) is 6.54 Å². The van der Waals surface area contributed by atoms with E-state index in [0.29, 0.717) is 0 Å². The van der Waals surface area contributed by atoms with Crippen molar-refractivity contribution in [2.24, 2.45) is 5.73 Å². The van der Waals surface area contributed by atoms with Crippen molar-refractivity contribution in [2.45, 2.75) is 19.1 Å². The summed E-state index contributed by atoms with van der Waals surface area (Å²) in [5, 5.41) is 12.0. The predicted molar refractivity (Wildman–Crippen MR) is 50.3 cm³/mol. The van der Waals surface area contributed by atoms with Crippen molar-refractivity contribution in [1.29, 1.82) is 0 Å². The minimum Gasteiger partial charge on any atom is -0.468 e. The molecule has 1 rings (SSSR count). The highest BCUT2D eigenvalue weighted by Crippen LogP contribution is 2.11. The van der Waals surface area contributed by atoms with Gasteiger partial charge in [0.05, 0.1) is 12.3 Å². The van der Waals surface area contributed by atoms with Gasteiger partial charge in [0.25, 0.3) is 0 Å². The molecule has 1 aromatic heterocycles. The van der Waals surface area contributed by atoms with Gasteiger partial charge in [-0.25, -0.2) is 0 Å². The molecule has 0 aliphatic heterocycles. The van der Waals surface area contributed by atoms with Gasteiger partial charge in [-0.1, -0.05) is 0 Å². The smallest absolute Gasteiger partial charge is 0.247 e. The average Bonchev–Trinajstić information content (AvgIpc) is 2.66. The fourth-order valence-electron chi connectivity index (χ4n) is 1.03. The van der Waals surface area contributed by atoms with Crippen LogP contribution >= 0.6 is 0 Å². The number of rotatable bonds is 5. The van der Waals surface area contributed by atoms with Crippen LogP contribution in [-0.2, 0) is 4.79 Å². The Labute approximate surface area is 81.9 Å². The first-order chi connectivity index (χ1) is 6.61. The largest absolute Gasteiger partial charge is 0.468 e. The van der Waals surface area contributed by atoms with E-state index in [1.54, 1.807) is 12.3 Å². The minimum atomic E-state index is -1.16. The van der Waals surface area contributed by atoms with E-state index in [1.165, 1.54) is 0 Å². The predicted octanol–water partition coefficient (Wildman–Crippen LogP) is -0.224. The molecule has 1 aromatic rings. The van der Waals surface area contributed by atoms with Crippen LogP contribution in [0.15, 0.2) is 22.8 Å². The van der Waals surface area contributed by atoms with E-state index in [0.717, 1.165) is 5.76 Å². The van der Waals surface area contributed by atoms with Gasteiger partial charge in [-0.2, -0.15) is 0 Å². The molecule has 0 fully saturated rings. The second-order valence-electron chi connectivity index (χ2n) is 3.06. The molecule has 14 heavy (non-hydrogen) atoms. The highest BCUT2D eigenvalue weighted by atomic mass is 16.3. The van der Waals surface area contributed by atoms with Crippen LogP contribution in [0, 0.1) is 0 Å². The normalized spacial score (nSPS) is 15.0. The number of nitrogens with two attached hydrogens (primary N) is 1. The molecule has 2 unspecified atom stereocenters. The minimum absolute atomic E-state index is 0.0565. The Kier molecular flexibility index (Phi) is 3.67. The molecular weight excluding hydrogens is 184 g/mol. The lowest BCUT2D eigenvalue weighted by atomic mass is 10.2. The van der Waals surface area contributed by atoms with Crippen LogP contribution in [0.25, 0.3) is 0 Å². The van der Waals surface area contributed by atoms with E-state index in [2.05, 4.69) is 5.32 Å². The Morgan fingerprint density at radius 2 is 2.50 bits per heavy atom. The Morgan fingerprint density at radius 3 is 3.00 bits per heavy atom. The first kappa shape index (κ1) is 10.7. The molecule has 78 valence electrons. The van der Waals surface area contributed by atoms with E-state index < -0.39 is 12.0 Å². The molecule has 0 aliphatic carbocycles. The molecule has 0 spiro atoms. The Morgan fingerprint density at radius 1 is 1.79 bits per heavy atom. The monoisotopic (exact) mass is 198 g/mol. The quantitative estimate of drug-likeness (QED) is 0.610. The van der Waals surface area contributed by atoms with Gasteiger partial charge in [0.15, 0.2) is 0 Å². The lowest BCUT2D eigenvalue weighted by Crippen LogP contribution is -2.38. The lowest BCUT2D eigenvalue weighted by molar-refractivity contribution is -0.125. The number of nitrogens with one attached hydrogen (secondary N) is 1. The van der Waals surface area contributed by atoms with Crippen LogP contribution in [0.1, 0.15) is 18.7 Å². The number of amides is 1. The first-order valence-corrected chi connectivity index (χ1v) is 4.35. The zero-order valence-electron chi connectivity index (χ0n) is 7.93. The molecule has 0 saturated heterocycles. The van der Waals surface area contributed by atoms with Gasteiger partial charge in [-0.15, -0.1) is 0 Å². The van der Waals surface area contributed by atoms with Crippen LogP contribution in [0.4, 0.5) is 0 Å². The van der Waals surface area contributed by atoms with Crippen LogP contribution in [0.3, 0.4) is 0 Å². The zero-order valence-corrected chi connectivity index (χ0v) is 7.93. The lowest BCUT2D eigenvalue weighted by Gasteiger charge is -2.13. The van der Waals surface area contributed by atoms with E-state index in [4.69, 9.17) is 15.3 Å². The fraction of sp³-hybridized carbons (Fsp3) is 0.444. The van der Waals surface area contributed by atoms with Gasteiger partial charge in [-0.05, 0) is 19.1 Å². The summed E-state index contributed by atoms with van der Waals surface area (Å²) >= 11 is 0. The molecule has 0 saturated carbocycles. The van der Waals surface area contributed by atoms with E-state index >= 15 is 0 Å². The average molecular weight is 198 g/mol. The number of carbonyl (C=O) groups is 1. The third-order valence-corrected chi connectivity index (χ3v) is 1.92. The third-order valence-electron chi connectivity index (χ3n) is 1.92. The van der Waals surface area contributed by atoms with Gasteiger partial charge >= 0.3 is 0 Å². The van der Waals surface area contributed by atoms with Crippen LogP contribution < -0.4 is 11.1 Å². The maximum Gasteiger partial charge on any atom is 0.247 e. The maximum absolute atomic E-state index is 10.5. The van der Waals surface area contributed by atoms with Crippen molar-refractivity contribution < 1.29 is 14.3 Å². The standard InChI is InChI=1S/C9H14N2O3/c1-6(8-3-2-4-14-8)11-5-7(12)9(10)13/h2-4,6-7,11-12H,5H2,1H3,(H2,10,13). The molecule has 0 aromatic carbocycles. The van der Waals surface area contributed by atoms with Crippen molar-refractivity contribution in [3.63, 3.8) is 0 Å². The summed E-state index contributed by atoms with van der Waals surface area (Å²) < 4.78 is 5.13. The zero-order chi connectivity index (χ0) is 10.6. The Bertz CT molecular complexity index is 284. The summed E-state index contributed by atoms with van der Waals surface area (Å²) in [5.74, 6) is 0.0193. The summed E-state index contributed by atoms with van der Waals surface area (Å²) in [7, 11) is 0. The third kappa shape index (κ3) is 2.86. The van der Waals surface area contributed by atoms with Gasteiger partial charge in [0.1, 0.15) is 11.9 Å². The number of furan rings is 1. The first-order valence-electron chi connectivity index (χ1n) is 4.35. The molecule has 5 heteroatoms. The van der Waals surface area contributed by atoms with Crippen molar-refractivity contribution >= 4 is 5.91 Å².